The fraction of sp³-hybridized carbons (Fsp3) is 0.387. The summed E-state index contributed by atoms with van der Waals surface area (Å²) in [5.41, 5.74) is 4.34. The van der Waals surface area contributed by atoms with E-state index in [0.29, 0.717) is 13.2 Å². The van der Waals surface area contributed by atoms with Crippen LogP contribution in [0, 0.1) is 0 Å². The molecule has 1 heterocycles. The van der Waals surface area contributed by atoms with Gasteiger partial charge in [0, 0.05) is 38.4 Å². The number of carbonyl (C=O) groups is 1. The lowest BCUT2D eigenvalue weighted by Gasteiger charge is -2.32. The molecule has 196 valence electrons. The maximum Gasteiger partial charge on any atom is 0.408 e. The van der Waals surface area contributed by atoms with Crippen LogP contribution in [0.3, 0.4) is 0 Å². The molecular weight excluding hydrogens is 464 g/mol. The van der Waals surface area contributed by atoms with Crippen molar-refractivity contribution in [3.8, 4) is 0 Å². The molecule has 1 saturated heterocycles. The Morgan fingerprint density at radius 2 is 1.35 bits per heavy atom. The molecular formula is C31H38N2O4. The summed E-state index contributed by atoms with van der Waals surface area (Å²) in [6.45, 7) is 7.82. The Hall–Kier alpha value is -3.19. The fourth-order valence-corrected chi connectivity index (χ4v) is 4.72. The molecule has 6 nitrogen and oxygen atoms in total. The minimum absolute atomic E-state index is 0.0797. The number of nitrogens with one attached hydrogen (secondary N) is 1. The summed E-state index contributed by atoms with van der Waals surface area (Å²) in [5.74, 6) is 0. The van der Waals surface area contributed by atoms with E-state index in [2.05, 4.69) is 34.5 Å². The largest absolute Gasteiger partial charge is 0.446 e. The van der Waals surface area contributed by atoms with Crippen LogP contribution in [0.1, 0.15) is 61.3 Å². The van der Waals surface area contributed by atoms with Gasteiger partial charge in [0.1, 0.15) is 6.10 Å². The zero-order chi connectivity index (χ0) is 25.9. The molecule has 1 N–H and O–H groups in total. The van der Waals surface area contributed by atoms with E-state index in [9.17, 15) is 4.79 Å². The number of carbonyl (C=O) groups excluding carboxylic acids is 1. The molecule has 3 aromatic carbocycles. The van der Waals surface area contributed by atoms with Crippen LogP contribution in [-0.4, -0.2) is 43.4 Å². The van der Waals surface area contributed by atoms with Crippen molar-refractivity contribution in [2.24, 2.45) is 0 Å². The first kappa shape index (κ1) is 26.9. The molecule has 1 aliphatic heterocycles. The third-order valence-corrected chi connectivity index (χ3v) is 6.63. The predicted octanol–water partition coefficient (Wildman–Crippen LogP) is 6.24. The van der Waals surface area contributed by atoms with Crippen molar-refractivity contribution in [1.82, 2.24) is 10.2 Å². The smallest absolute Gasteiger partial charge is 0.408 e. The molecule has 6 heteroatoms. The standard InChI is InChI=1S/C31H38N2O4/c1-3-35-30(36-4-2)27-17-15-24(16-18-27)23-33-21-19-28(20-22-33)37-31(34)32-29(25-11-7-5-8-12-25)26-13-9-6-10-14-26/h5-18,28-30H,3-4,19-23H2,1-2H3,(H,32,34). The lowest BCUT2D eigenvalue weighted by atomic mass is 9.99. The summed E-state index contributed by atoms with van der Waals surface area (Å²) in [5, 5.41) is 3.08. The Labute approximate surface area is 220 Å². The van der Waals surface area contributed by atoms with Gasteiger partial charge in [-0.2, -0.15) is 0 Å². The first-order chi connectivity index (χ1) is 18.2. The molecule has 0 radical (unpaired) electrons. The molecule has 0 aromatic heterocycles. The Balaban J connectivity index is 1.26. The summed E-state index contributed by atoms with van der Waals surface area (Å²) >= 11 is 0. The van der Waals surface area contributed by atoms with Crippen LogP contribution in [0.5, 0.6) is 0 Å². The maximum absolute atomic E-state index is 12.9. The number of amides is 1. The predicted molar refractivity (Wildman–Crippen MR) is 145 cm³/mol. The second kappa shape index (κ2) is 13.9. The Morgan fingerprint density at radius 3 is 1.86 bits per heavy atom. The third-order valence-electron chi connectivity index (χ3n) is 6.63. The highest BCUT2D eigenvalue weighted by Gasteiger charge is 2.24. The number of benzene rings is 3. The first-order valence-corrected chi connectivity index (χ1v) is 13.3. The SMILES string of the molecule is CCOC(OCC)c1ccc(CN2CCC(OC(=O)NC(c3ccccc3)c3ccccc3)CC2)cc1. The quantitative estimate of drug-likeness (QED) is 0.315. The Morgan fingerprint density at radius 1 is 0.811 bits per heavy atom. The van der Waals surface area contributed by atoms with E-state index in [4.69, 9.17) is 14.2 Å². The van der Waals surface area contributed by atoms with E-state index in [1.807, 2.05) is 74.5 Å². The van der Waals surface area contributed by atoms with E-state index >= 15 is 0 Å². The van der Waals surface area contributed by atoms with Gasteiger partial charge >= 0.3 is 6.09 Å². The molecule has 0 saturated carbocycles. The van der Waals surface area contributed by atoms with Crippen molar-refractivity contribution in [3.05, 3.63) is 107 Å². The van der Waals surface area contributed by atoms with Crippen LogP contribution in [0.4, 0.5) is 4.79 Å². The zero-order valence-corrected chi connectivity index (χ0v) is 21.8. The van der Waals surface area contributed by atoms with Gasteiger partial charge in [-0.15, -0.1) is 0 Å². The minimum Gasteiger partial charge on any atom is -0.446 e. The van der Waals surface area contributed by atoms with Gasteiger partial charge in [0.05, 0.1) is 6.04 Å². The molecule has 0 unspecified atom stereocenters. The third kappa shape index (κ3) is 7.89. The minimum atomic E-state index is -0.370. The number of ether oxygens (including phenoxy) is 3. The van der Waals surface area contributed by atoms with Crippen molar-refractivity contribution in [2.75, 3.05) is 26.3 Å². The number of alkyl carbamates (subject to hydrolysis) is 1. The maximum atomic E-state index is 12.9. The van der Waals surface area contributed by atoms with Gasteiger partial charge in [0.15, 0.2) is 6.29 Å². The highest BCUT2D eigenvalue weighted by molar-refractivity contribution is 5.69. The summed E-state index contributed by atoms with van der Waals surface area (Å²) < 4.78 is 17.2. The van der Waals surface area contributed by atoms with Gasteiger partial charge < -0.3 is 19.5 Å². The van der Waals surface area contributed by atoms with Gasteiger partial charge in [-0.05, 0) is 43.4 Å². The summed E-state index contributed by atoms with van der Waals surface area (Å²) in [6.07, 6.45) is 0.882. The van der Waals surface area contributed by atoms with Crippen molar-refractivity contribution in [2.45, 2.75) is 51.7 Å². The zero-order valence-electron chi connectivity index (χ0n) is 21.8. The number of nitrogens with zero attached hydrogens (tertiary/aromatic N) is 1. The molecule has 3 aromatic rings. The van der Waals surface area contributed by atoms with Crippen LogP contribution in [-0.2, 0) is 20.8 Å². The normalized spacial score (nSPS) is 14.7. The lowest BCUT2D eigenvalue weighted by molar-refractivity contribution is -0.140. The molecule has 0 atom stereocenters. The topological polar surface area (TPSA) is 60.0 Å². The van der Waals surface area contributed by atoms with Crippen LogP contribution in [0.25, 0.3) is 0 Å². The summed E-state index contributed by atoms with van der Waals surface area (Å²) in [7, 11) is 0. The second-order valence-electron chi connectivity index (χ2n) is 9.26. The molecule has 0 aliphatic carbocycles. The van der Waals surface area contributed by atoms with Crippen molar-refractivity contribution in [1.29, 1.82) is 0 Å². The lowest BCUT2D eigenvalue weighted by Crippen LogP contribution is -2.40. The number of rotatable bonds is 11. The number of piperidine rings is 1. The monoisotopic (exact) mass is 502 g/mol. The summed E-state index contributed by atoms with van der Waals surface area (Å²) in [6, 6.07) is 28.2. The molecule has 1 aliphatic rings. The van der Waals surface area contributed by atoms with Gasteiger partial charge in [-0.25, -0.2) is 4.79 Å². The number of hydrogen-bond donors (Lipinski definition) is 1. The molecule has 0 bridgehead atoms. The van der Waals surface area contributed by atoms with E-state index in [1.165, 1.54) is 5.56 Å². The molecule has 37 heavy (non-hydrogen) atoms. The average molecular weight is 503 g/mol. The van der Waals surface area contributed by atoms with Crippen LogP contribution in [0.2, 0.25) is 0 Å². The molecule has 1 amide bonds. The Bertz CT molecular complexity index is 1020. The van der Waals surface area contributed by atoms with Gasteiger partial charge in [0.25, 0.3) is 0 Å². The van der Waals surface area contributed by atoms with Crippen molar-refractivity contribution in [3.63, 3.8) is 0 Å². The van der Waals surface area contributed by atoms with E-state index in [1.54, 1.807) is 0 Å². The number of hydrogen-bond acceptors (Lipinski definition) is 5. The van der Waals surface area contributed by atoms with E-state index < -0.39 is 0 Å². The molecule has 1 fully saturated rings. The van der Waals surface area contributed by atoms with Gasteiger partial charge in [-0.3, -0.25) is 4.90 Å². The molecule has 4 rings (SSSR count). The van der Waals surface area contributed by atoms with Crippen LogP contribution in [0.15, 0.2) is 84.9 Å². The fourth-order valence-electron chi connectivity index (χ4n) is 4.72. The van der Waals surface area contributed by atoms with Crippen molar-refractivity contribution < 1.29 is 19.0 Å². The van der Waals surface area contributed by atoms with E-state index in [-0.39, 0.29) is 24.5 Å². The van der Waals surface area contributed by atoms with Crippen LogP contribution >= 0.6 is 0 Å². The summed E-state index contributed by atoms with van der Waals surface area (Å²) in [4.78, 5) is 15.3. The highest BCUT2D eigenvalue weighted by Crippen LogP contribution is 2.24. The second-order valence-corrected chi connectivity index (χ2v) is 9.26. The Kier molecular flexibility index (Phi) is 10.1. The van der Waals surface area contributed by atoms with E-state index in [0.717, 1.165) is 49.2 Å². The average Bonchev–Trinajstić information content (AvgIpc) is 2.94. The first-order valence-electron chi connectivity index (χ1n) is 13.3. The van der Waals surface area contributed by atoms with Crippen molar-refractivity contribution >= 4 is 6.09 Å². The van der Waals surface area contributed by atoms with Crippen LogP contribution < -0.4 is 5.32 Å². The number of likely N-dealkylation sites (tertiary alicyclic amines) is 1. The van der Waals surface area contributed by atoms with Gasteiger partial charge in [-0.1, -0.05) is 84.9 Å². The van der Waals surface area contributed by atoms with Gasteiger partial charge in [0.2, 0.25) is 0 Å². The molecule has 0 spiro atoms. The highest BCUT2D eigenvalue weighted by atomic mass is 16.7.